The number of nitrogens with zero attached hydrogens (tertiary/aromatic N) is 1. The molecule has 1 aromatic rings. The molecular weight excluding hydrogens is 274 g/mol. The highest BCUT2D eigenvalue weighted by Gasteiger charge is 2.18. The van der Waals surface area contributed by atoms with Crippen molar-refractivity contribution >= 4 is 24.0 Å². The summed E-state index contributed by atoms with van der Waals surface area (Å²) in [4.78, 5) is 2.22. The molecular formula is C13H19Cl2FN2. The maximum atomic E-state index is 13.6. The number of piperidine rings is 1. The summed E-state index contributed by atoms with van der Waals surface area (Å²) in [5.74, 6) is -0.171. The Bertz CT molecular complexity index is 381. The lowest BCUT2D eigenvalue weighted by Gasteiger charge is -2.31. The lowest BCUT2D eigenvalue weighted by atomic mass is 10.0. The second-order valence-electron chi connectivity index (χ2n) is 4.63. The molecule has 0 aliphatic carbocycles. The summed E-state index contributed by atoms with van der Waals surface area (Å²) in [5.41, 5.74) is 0.679. The first-order chi connectivity index (χ1) is 8.16. The third-order valence-corrected chi connectivity index (χ3v) is 3.59. The van der Waals surface area contributed by atoms with Gasteiger partial charge >= 0.3 is 0 Å². The zero-order chi connectivity index (χ0) is 12.3. The zero-order valence-electron chi connectivity index (χ0n) is 10.5. The smallest absolute Gasteiger partial charge is 0.127 e. The van der Waals surface area contributed by atoms with Gasteiger partial charge in [-0.1, -0.05) is 11.6 Å². The topological polar surface area (TPSA) is 15.3 Å². The standard InChI is InChI=1S/C13H18ClFN2.ClH/c1-17(12-4-6-16-7-5-12)9-10-8-11(14)2-3-13(10)15;/h2-3,8,12,16H,4-7,9H2,1H3;1H. The molecule has 102 valence electrons. The molecule has 2 nitrogen and oxygen atoms in total. The van der Waals surface area contributed by atoms with Crippen molar-refractivity contribution in [3.8, 4) is 0 Å². The predicted molar refractivity (Wildman–Crippen MR) is 76.0 cm³/mol. The summed E-state index contributed by atoms with van der Waals surface area (Å²) in [6.45, 7) is 2.72. The number of halogens is 3. The fourth-order valence-electron chi connectivity index (χ4n) is 2.31. The van der Waals surface area contributed by atoms with Gasteiger partial charge in [-0.2, -0.15) is 0 Å². The first kappa shape index (κ1) is 15.7. The average Bonchev–Trinajstić information content (AvgIpc) is 2.35. The van der Waals surface area contributed by atoms with Crippen molar-refractivity contribution in [3.05, 3.63) is 34.6 Å². The quantitative estimate of drug-likeness (QED) is 0.921. The van der Waals surface area contributed by atoms with Crippen LogP contribution in [0.15, 0.2) is 18.2 Å². The molecule has 1 fully saturated rings. The van der Waals surface area contributed by atoms with Crippen molar-refractivity contribution in [2.45, 2.75) is 25.4 Å². The van der Waals surface area contributed by atoms with Gasteiger partial charge in [-0.25, -0.2) is 4.39 Å². The highest BCUT2D eigenvalue weighted by atomic mass is 35.5. The summed E-state index contributed by atoms with van der Waals surface area (Å²) >= 11 is 5.89. The van der Waals surface area contributed by atoms with E-state index in [2.05, 4.69) is 17.3 Å². The molecule has 0 bridgehead atoms. The number of hydrogen-bond donors (Lipinski definition) is 1. The molecule has 1 saturated heterocycles. The minimum Gasteiger partial charge on any atom is -0.317 e. The van der Waals surface area contributed by atoms with Gasteiger partial charge < -0.3 is 5.32 Å². The van der Waals surface area contributed by atoms with Gasteiger partial charge in [-0.05, 0) is 51.2 Å². The average molecular weight is 293 g/mol. The fourth-order valence-corrected chi connectivity index (χ4v) is 2.50. The number of benzene rings is 1. The van der Waals surface area contributed by atoms with Crippen molar-refractivity contribution in [2.75, 3.05) is 20.1 Å². The molecule has 0 aromatic heterocycles. The van der Waals surface area contributed by atoms with Gasteiger partial charge in [0.1, 0.15) is 5.82 Å². The van der Waals surface area contributed by atoms with Crippen LogP contribution in [-0.2, 0) is 6.54 Å². The second-order valence-corrected chi connectivity index (χ2v) is 5.07. The molecule has 1 aliphatic rings. The monoisotopic (exact) mass is 292 g/mol. The summed E-state index contributed by atoms with van der Waals surface area (Å²) in [5, 5.41) is 3.93. The van der Waals surface area contributed by atoms with Gasteiger partial charge in [-0.3, -0.25) is 4.90 Å². The van der Waals surface area contributed by atoms with Crippen LogP contribution in [0.5, 0.6) is 0 Å². The summed E-state index contributed by atoms with van der Waals surface area (Å²) < 4.78 is 13.6. The van der Waals surface area contributed by atoms with Crippen molar-refractivity contribution in [2.24, 2.45) is 0 Å². The first-order valence-corrected chi connectivity index (χ1v) is 6.39. The molecule has 0 atom stereocenters. The summed E-state index contributed by atoms with van der Waals surface area (Å²) in [6.07, 6.45) is 2.25. The van der Waals surface area contributed by atoms with Gasteiger partial charge in [0, 0.05) is 23.2 Å². The van der Waals surface area contributed by atoms with E-state index in [1.807, 2.05) is 0 Å². The maximum Gasteiger partial charge on any atom is 0.127 e. The van der Waals surface area contributed by atoms with Crippen LogP contribution >= 0.6 is 24.0 Å². The Morgan fingerprint density at radius 2 is 2.06 bits per heavy atom. The van der Waals surface area contributed by atoms with E-state index in [-0.39, 0.29) is 18.2 Å². The van der Waals surface area contributed by atoms with E-state index in [1.54, 1.807) is 12.1 Å². The van der Waals surface area contributed by atoms with E-state index in [9.17, 15) is 4.39 Å². The lowest BCUT2D eigenvalue weighted by Crippen LogP contribution is -2.40. The van der Waals surface area contributed by atoms with Crippen LogP contribution in [0.2, 0.25) is 5.02 Å². The SMILES string of the molecule is CN(Cc1cc(Cl)ccc1F)C1CCNCC1.Cl. The molecule has 1 aromatic carbocycles. The molecule has 1 heterocycles. The van der Waals surface area contributed by atoms with Gasteiger partial charge in [0.25, 0.3) is 0 Å². The Kier molecular flexibility index (Phi) is 6.36. The molecule has 2 rings (SSSR count). The van der Waals surface area contributed by atoms with Crippen molar-refractivity contribution in [3.63, 3.8) is 0 Å². The van der Waals surface area contributed by atoms with Gasteiger partial charge in [0.05, 0.1) is 0 Å². The van der Waals surface area contributed by atoms with Crippen LogP contribution in [0.3, 0.4) is 0 Å². The van der Waals surface area contributed by atoms with E-state index < -0.39 is 0 Å². The first-order valence-electron chi connectivity index (χ1n) is 6.01. The van der Waals surface area contributed by atoms with E-state index >= 15 is 0 Å². The van der Waals surface area contributed by atoms with Crippen molar-refractivity contribution < 1.29 is 4.39 Å². The van der Waals surface area contributed by atoms with Crippen LogP contribution < -0.4 is 5.32 Å². The van der Waals surface area contributed by atoms with E-state index in [4.69, 9.17) is 11.6 Å². The Morgan fingerprint density at radius 3 is 2.72 bits per heavy atom. The van der Waals surface area contributed by atoms with Crippen LogP contribution in [-0.4, -0.2) is 31.1 Å². The van der Waals surface area contributed by atoms with Gasteiger partial charge in [-0.15, -0.1) is 12.4 Å². The zero-order valence-corrected chi connectivity index (χ0v) is 12.0. The number of rotatable bonds is 3. The van der Waals surface area contributed by atoms with Gasteiger partial charge in [0.2, 0.25) is 0 Å². The Balaban J connectivity index is 0.00000162. The molecule has 0 radical (unpaired) electrons. The van der Waals surface area contributed by atoms with E-state index in [0.29, 0.717) is 23.2 Å². The largest absolute Gasteiger partial charge is 0.317 e. The summed E-state index contributed by atoms with van der Waals surface area (Å²) in [7, 11) is 2.05. The minimum absolute atomic E-state index is 0. The Morgan fingerprint density at radius 1 is 1.39 bits per heavy atom. The van der Waals surface area contributed by atoms with Crippen LogP contribution in [0.4, 0.5) is 4.39 Å². The Labute approximate surface area is 119 Å². The van der Waals surface area contributed by atoms with Crippen LogP contribution in [0.1, 0.15) is 18.4 Å². The van der Waals surface area contributed by atoms with E-state index in [1.165, 1.54) is 6.07 Å². The molecule has 1 N–H and O–H groups in total. The Hall–Kier alpha value is -0.350. The lowest BCUT2D eigenvalue weighted by molar-refractivity contribution is 0.190. The van der Waals surface area contributed by atoms with Gasteiger partial charge in [0.15, 0.2) is 0 Å². The number of hydrogen-bond acceptors (Lipinski definition) is 2. The molecule has 1 aliphatic heterocycles. The molecule has 18 heavy (non-hydrogen) atoms. The molecule has 0 spiro atoms. The highest BCUT2D eigenvalue weighted by Crippen LogP contribution is 2.19. The second kappa shape index (κ2) is 7.29. The highest BCUT2D eigenvalue weighted by molar-refractivity contribution is 6.30. The molecule has 0 amide bonds. The molecule has 0 unspecified atom stereocenters. The van der Waals surface area contributed by atoms with Crippen LogP contribution in [0, 0.1) is 5.82 Å². The van der Waals surface area contributed by atoms with E-state index in [0.717, 1.165) is 25.9 Å². The fraction of sp³-hybridized carbons (Fsp3) is 0.538. The summed E-state index contributed by atoms with van der Waals surface area (Å²) in [6, 6.07) is 5.28. The molecule has 0 saturated carbocycles. The van der Waals surface area contributed by atoms with Crippen molar-refractivity contribution in [1.82, 2.24) is 10.2 Å². The number of nitrogens with one attached hydrogen (secondary N) is 1. The third kappa shape index (κ3) is 4.09. The normalized spacial score (nSPS) is 16.7. The maximum absolute atomic E-state index is 13.6. The predicted octanol–water partition coefficient (Wildman–Crippen LogP) is 3.08. The van der Waals surface area contributed by atoms with Crippen molar-refractivity contribution in [1.29, 1.82) is 0 Å². The van der Waals surface area contributed by atoms with Crippen LogP contribution in [0.25, 0.3) is 0 Å². The third-order valence-electron chi connectivity index (χ3n) is 3.36. The minimum atomic E-state index is -0.171. The molecule has 5 heteroatoms.